The van der Waals surface area contributed by atoms with Crippen LogP contribution in [0, 0.1) is 5.92 Å². The average molecular weight is 534 g/mol. The first-order valence-electron chi connectivity index (χ1n) is 11.4. The number of esters is 1. The smallest absolute Gasteiger partial charge is 0.315 e. The van der Waals surface area contributed by atoms with Crippen LogP contribution in [-0.4, -0.2) is 22.5 Å². The SMILES string of the molecule is CC(C)Cc1sc(N(Cc2ccccc2)C(=O)CC(=O)OC(C)(C)C)nc1-c1ccc(Cl)c(Cl)c1. The topological polar surface area (TPSA) is 59.5 Å². The van der Waals surface area contributed by atoms with E-state index in [0.29, 0.717) is 21.1 Å². The first-order chi connectivity index (χ1) is 16.4. The molecule has 0 N–H and O–H groups in total. The Hall–Kier alpha value is -2.41. The lowest BCUT2D eigenvalue weighted by Gasteiger charge is -2.22. The summed E-state index contributed by atoms with van der Waals surface area (Å²) in [4.78, 5) is 33.3. The third kappa shape index (κ3) is 7.79. The fraction of sp³-hybridized carbons (Fsp3) is 0.370. The van der Waals surface area contributed by atoms with Gasteiger partial charge in [0.1, 0.15) is 12.0 Å². The van der Waals surface area contributed by atoms with E-state index in [1.807, 2.05) is 36.4 Å². The molecule has 3 rings (SSSR count). The first kappa shape index (κ1) is 27.2. The molecule has 35 heavy (non-hydrogen) atoms. The molecule has 0 aliphatic rings. The number of halogens is 2. The lowest BCUT2D eigenvalue weighted by molar-refractivity contribution is -0.156. The van der Waals surface area contributed by atoms with E-state index in [-0.39, 0.29) is 18.9 Å². The fourth-order valence-corrected chi connectivity index (χ4v) is 5.07. The van der Waals surface area contributed by atoms with Crippen LogP contribution in [-0.2, 0) is 27.3 Å². The molecular weight excluding hydrogens is 503 g/mol. The Labute approximate surface area is 221 Å². The third-order valence-corrected chi connectivity index (χ3v) is 6.74. The highest BCUT2D eigenvalue weighted by atomic mass is 35.5. The number of anilines is 1. The van der Waals surface area contributed by atoms with Gasteiger partial charge in [-0.15, -0.1) is 11.3 Å². The van der Waals surface area contributed by atoms with Crippen molar-refractivity contribution in [3.63, 3.8) is 0 Å². The van der Waals surface area contributed by atoms with Crippen molar-refractivity contribution < 1.29 is 14.3 Å². The van der Waals surface area contributed by atoms with Gasteiger partial charge in [-0.05, 0) is 50.8 Å². The number of thiazole rings is 1. The molecule has 1 aromatic heterocycles. The molecule has 2 aromatic carbocycles. The van der Waals surface area contributed by atoms with Gasteiger partial charge < -0.3 is 4.74 Å². The predicted molar refractivity (Wildman–Crippen MR) is 144 cm³/mol. The van der Waals surface area contributed by atoms with E-state index in [1.165, 1.54) is 11.3 Å². The van der Waals surface area contributed by atoms with Crippen molar-refractivity contribution in [2.45, 2.75) is 59.6 Å². The van der Waals surface area contributed by atoms with Crippen LogP contribution < -0.4 is 4.90 Å². The molecule has 1 heterocycles. The summed E-state index contributed by atoms with van der Waals surface area (Å²) in [5, 5.41) is 1.44. The molecule has 0 aliphatic heterocycles. The van der Waals surface area contributed by atoms with Crippen LogP contribution in [0.3, 0.4) is 0 Å². The first-order valence-corrected chi connectivity index (χ1v) is 13.0. The number of benzene rings is 2. The van der Waals surface area contributed by atoms with Crippen LogP contribution in [0.4, 0.5) is 5.13 Å². The molecule has 0 saturated carbocycles. The van der Waals surface area contributed by atoms with Crippen LogP contribution in [0.1, 0.15) is 51.5 Å². The Kier molecular flexibility index (Phi) is 8.97. The number of amides is 1. The second-order valence-electron chi connectivity index (χ2n) is 9.72. The Morgan fingerprint density at radius 3 is 2.34 bits per heavy atom. The van der Waals surface area contributed by atoms with Crippen LogP contribution in [0.25, 0.3) is 11.3 Å². The van der Waals surface area contributed by atoms with Gasteiger partial charge in [0.2, 0.25) is 5.91 Å². The number of carbonyl (C=O) groups excluding carboxylic acids is 2. The number of hydrogen-bond acceptors (Lipinski definition) is 5. The van der Waals surface area contributed by atoms with E-state index >= 15 is 0 Å². The van der Waals surface area contributed by atoms with Crippen molar-refractivity contribution in [3.05, 3.63) is 69.0 Å². The maximum atomic E-state index is 13.4. The van der Waals surface area contributed by atoms with Gasteiger partial charge in [-0.25, -0.2) is 4.98 Å². The van der Waals surface area contributed by atoms with E-state index in [1.54, 1.807) is 37.8 Å². The summed E-state index contributed by atoms with van der Waals surface area (Å²) in [6, 6.07) is 15.0. The molecule has 1 amide bonds. The van der Waals surface area contributed by atoms with E-state index in [9.17, 15) is 9.59 Å². The summed E-state index contributed by atoms with van der Waals surface area (Å²) in [6.45, 7) is 9.89. The molecule has 3 aromatic rings. The zero-order valence-corrected chi connectivity index (χ0v) is 22.9. The number of nitrogens with zero attached hydrogens (tertiary/aromatic N) is 2. The van der Waals surface area contributed by atoms with Crippen molar-refractivity contribution in [1.82, 2.24) is 4.98 Å². The predicted octanol–water partition coefficient (Wildman–Crippen LogP) is 7.58. The van der Waals surface area contributed by atoms with Gasteiger partial charge >= 0.3 is 5.97 Å². The molecule has 8 heteroatoms. The van der Waals surface area contributed by atoms with E-state index in [0.717, 1.165) is 28.1 Å². The van der Waals surface area contributed by atoms with Crippen molar-refractivity contribution in [3.8, 4) is 11.3 Å². The van der Waals surface area contributed by atoms with E-state index in [2.05, 4.69) is 13.8 Å². The quantitative estimate of drug-likeness (QED) is 0.221. The van der Waals surface area contributed by atoms with E-state index < -0.39 is 11.6 Å². The van der Waals surface area contributed by atoms with Gasteiger partial charge in [0.25, 0.3) is 0 Å². The Balaban J connectivity index is 2.02. The molecule has 0 radical (unpaired) electrons. The summed E-state index contributed by atoms with van der Waals surface area (Å²) >= 11 is 13.9. The fourth-order valence-electron chi connectivity index (χ4n) is 3.46. The molecule has 0 fully saturated rings. The summed E-state index contributed by atoms with van der Waals surface area (Å²) < 4.78 is 5.39. The lowest BCUT2D eigenvalue weighted by atomic mass is 10.0. The van der Waals surface area contributed by atoms with Gasteiger partial charge in [0.15, 0.2) is 5.13 Å². The van der Waals surface area contributed by atoms with Gasteiger partial charge in [0, 0.05) is 10.4 Å². The Morgan fingerprint density at radius 2 is 1.74 bits per heavy atom. The number of hydrogen-bond donors (Lipinski definition) is 0. The zero-order chi connectivity index (χ0) is 25.8. The second-order valence-corrected chi connectivity index (χ2v) is 11.6. The van der Waals surface area contributed by atoms with Crippen molar-refractivity contribution in [2.24, 2.45) is 5.92 Å². The monoisotopic (exact) mass is 532 g/mol. The zero-order valence-electron chi connectivity index (χ0n) is 20.6. The molecule has 0 bridgehead atoms. The summed E-state index contributed by atoms with van der Waals surface area (Å²) in [7, 11) is 0. The Morgan fingerprint density at radius 1 is 1.06 bits per heavy atom. The number of rotatable bonds is 8. The number of aromatic nitrogens is 1. The minimum absolute atomic E-state index is 0.290. The number of carbonyl (C=O) groups is 2. The highest BCUT2D eigenvalue weighted by Gasteiger charge is 2.27. The van der Waals surface area contributed by atoms with Crippen LogP contribution in [0.15, 0.2) is 48.5 Å². The van der Waals surface area contributed by atoms with Crippen LogP contribution in [0.5, 0.6) is 0 Å². The standard InChI is InChI=1S/C27H30Cl2N2O3S/c1-17(2)13-22-25(19-11-12-20(28)21(29)14-19)30-26(35-22)31(16-18-9-7-6-8-10-18)23(32)15-24(33)34-27(3,4)5/h6-12,14,17H,13,15-16H2,1-5H3. The second kappa shape index (κ2) is 11.5. The molecule has 0 unspecified atom stereocenters. The minimum Gasteiger partial charge on any atom is -0.460 e. The lowest BCUT2D eigenvalue weighted by Crippen LogP contribution is -2.34. The normalized spacial score (nSPS) is 11.5. The van der Waals surface area contributed by atoms with Crippen molar-refractivity contribution in [2.75, 3.05) is 4.90 Å². The van der Waals surface area contributed by atoms with Gasteiger partial charge in [-0.3, -0.25) is 14.5 Å². The molecule has 5 nitrogen and oxygen atoms in total. The molecule has 0 atom stereocenters. The minimum atomic E-state index is -0.672. The van der Waals surface area contributed by atoms with Gasteiger partial charge in [-0.1, -0.05) is 73.4 Å². The highest BCUT2D eigenvalue weighted by molar-refractivity contribution is 7.16. The molecular formula is C27H30Cl2N2O3S. The average Bonchev–Trinajstić information content (AvgIpc) is 3.15. The van der Waals surface area contributed by atoms with Gasteiger partial charge in [0.05, 0.1) is 22.3 Å². The summed E-state index contributed by atoms with van der Waals surface area (Å²) in [5.74, 6) is -0.553. The highest BCUT2D eigenvalue weighted by Crippen LogP contribution is 2.37. The largest absolute Gasteiger partial charge is 0.460 e. The maximum Gasteiger partial charge on any atom is 0.315 e. The van der Waals surface area contributed by atoms with E-state index in [4.69, 9.17) is 32.9 Å². The van der Waals surface area contributed by atoms with Gasteiger partial charge in [-0.2, -0.15) is 0 Å². The maximum absolute atomic E-state index is 13.4. The van der Waals surface area contributed by atoms with Crippen LogP contribution >= 0.6 is 34.5 Å². The molecule has 0 aliphatic carbocycles. The summed E-state index contributed by atoms with van der Waals surface area (Å²) in [6.07, 6.45) is 0.415. The molecule has 0 saturated heterocycles. The summed E-state index contributed by atoms with van der Waals surface area (Å²) in [5.41, 5.74) is 1.85. The molecule has 0 spiro atoms. The van der Waals surface area contributed by atoms with Crippen molar-refractivity contribution >= 4 is 51.5 Å². The number of ether oxygens (including phenoxy) is 1. The van der Waals surface area contributed by atoms with Crippen LogP contribution in [0.2, 0.25) is 10.0 Å². The third-order valence-electron chi connectivity index (χ3n) is 4.90. The Bertz CT molecular complexity index is 1190. The molecule has 186 valence electrons. The van der Waals surface area contributed by atoms with Crippen molar-refractivity contribution in [1.29, 1.82) is 0 Å².